The van der Waals surface area contributed by atoms with Gasteiger partial charge in [-0.3, -0.25) is 9.59 Å². The topological polar surface area (TPSA) is 95.5 Å². The maximum Gasteiger partial charge on any atom is 0.335 e. The summed E-state index contributed by atoms with van der Waals surface area (Å²) in [6.07, 6.45) is 5.95. The molecule has 0 atom stereocenters. The quantitative estimate of drug-likeness (QED) is 0.713. The lowest BCUT2D eigenvalue weighted by atomic mass is 10.0. The lowest BCUT2D eigenvalue weighted by molar-refractivity contribution is -0.124. The van der Waals surface area contributed by atoms with Crippen molar-refractivity contribution in [2.24, 2.45) is 5.92 Å². The van der Waals surface area contributed by atoms with Gasteiger partial charge in [-0.2, -0.15) is 0 Å². The molecular weight excluding hydrogens is 315 g/mol. The van der Waals surface area contributed by atoms with Crippen LogP contribution in [0.1, 0.15) is 48.9 Å². The zero-order chi connectivity index (χ0) is 17.5. The van der Waals surface area contributed by atoms with Crippen LogP contribution < -0.4 is 10.6 Å². The minimum absolute atomic E-state index is 0.132. The van der Waals surface area contributed by atoms with Gasteiger partial charge in [-0.25, -0.2) is 9.18 Å². The first-order chi connectivity index (χ1) is 11.5. The Morgan fingerprint density at radius 2 is 1.88 bits per heavy atom. The van der Waals surface area contributed by atoms with Crippen molar-refractivity contribution in [3.8, 4) is 0 Å². The van der Waals surface area contributed by atoms with Gasteiger partial charge in [0.15, 0.2) is 0 Å². The van der Waals surface area contributed by atoms with E-state index in [-0.39, 0.29) is 23.7 Å². The predicted molar refractivity (Wildman–Crippen MR) is 86.2 cm³/mol. The summed E-state index contributed by atoms with van der Waals surface area (Å²) in [5.41, 5.74) is -0.354. The SMILES string of the molecule is O=C(CCC1CCCC1)NCC(=O)Nc1cc(C(=O)O)ccc1F. The summed E-state index contributed by atoms with van der Waals surface area (Å²) in [6.45, 7) is -0.278. The van der Waals surface area contributed by atoms with Crippen LogP contribution in [-0.2, 0) is 9.59 Å². The molecule has 2 amide bonds. The number of carboxylic acids is 1. The Kier molecular flexibility index (Phi) is 6.28. The highest BCUT2D eigenvalue weighted by Gasteiger charge is 2.16. The molecule has 1 fully saturated rings. The van der Waals surface area contributed by atoms with E-state index in [9.17, 15) is 18.8 Å². The molecule has 0 spiro atoms. The Morgan fingerprint density at radius 3 is 2.54 bits per heavy atom. The molecule has 0 bridgehead atoms. The molecule has 7 heteroatoms. The van der Waals surface area contributed by atoms with E-state index < -0.39 is 17.7 Å². The summed E-state index contributed by atoms with van der Waals surface area (Å²) in [4.78, 5) is 34.3. The van der Waals surface area contributed by atoms with Gasteiger partial charge in [0.25, 0.3) is 0 Å². The van der Waals surface area contributed by atoms with Crippen LogP contribution in [0.15, 0.2) is 18.2 Å². The highest BCUT2D eigenvalue weighted by atomic mass is 19.1. The van der Waals surface area contributed by atoms with Crippen LogP contribution in [0.5, 0.6) is 0 Å². The lowest BCUT2D eigenvalue weighted by Gasteiger charge is -2.10. The molecule has 1 aliphatic carbocycles. The second kappa shape index (κ2) is 8.42. The molecule has 0 aromatic heterocycles. The fourth-order valence-electron chi connectivity index (χ4n) is 2.85. The molecular formula is C17H21FN2O4. The molecule has 3 N–H and O–H groups in total. The van der Waals surface area contributed by atoms with E-state index in [0.29, 0.717) is 12.3 Å². The van der Waals surface area contributed by atoms with E-state index in [1.165, 1.54) is 12.8 Å². The van der Waals surface area contributed by atoms with E-state index in [4.69, 9.17) is 5.11 Å². The van der Waals surface area contributed by atoms with Crippen molar-refractivity contribution in [2.75, 3.05) is 11.9 Å². The van der Waals surface area contributed by atoms with Crippen LogP contribution >= 0.6 is 0 Å². The number of halogens is 1. The van der Waals surface area contributed by atoms with E-state index >= 15 is 0 Å². The minimum Gasteiger partial charge on any atom is -0.478 e. The maximum absolute atomic E-state index is 13.6. The van der Waals surface area contributed by atoms with Gasteiger partial charge in [0.2, 0.25) is 11.8 Å². The first-order valence-corrected chi connectivity index (χ1v) is 8.05. The van der Waals surface area contributed by atoms with E-state index in [1.807, 2.05) is 0 Å². The molecule has 0 unspecified atom stereocenters. The first-order valence-electron chi connectivity index (χ1n) is 8.05. The average Bonchev–Trinajstić information content (AvgIpc) is 3.06. The molecule has 2 rings (SSSR count). The Labute approximate surface area is 139 Å². The molecule has 1 aromatic carbocycles. The van der Waals surface area contributed by atoms with Gasteiger partial charge in [0.05, 0.1) is 17.8 Å². The normalized spacial score (nSPS) is 14.4. The van der Waals surface area contributed by atoms with Crippen LogP contribution in [-0.4, -0.2) is 29.4 Å². The van der Waals surface area contributed by atoms with Crippen molar-refractivity contribution in [2.45, 2.75) is 38.5 Å². The Hall–Kier alpha value is -2.44. The average molecular weight is 336 g/mol. The Morgan fingerprint density at radius 1 is 1.17 bits per heavy atom. The molecule has 0 heterocycles. The summed E-state index contributed by atoms with van der Waals surface area (Å²) in [5.74, 6) is -2.17. The largest absolute Gasteiger partial charge is 0.478 e. The van der Waals surface area contributed by atoms with Crippen molar-refractivity contribution < 1.29 is 23.9 Å². The molecule has 1 saturated carbocycles. The molecule has 0 radical (unpaired) electrons. The fraction of sp³-hybridized carbons (Fsp3) is 0.471. The molecule has 6 nitrogen and oxygen atoms in total. The zero-order valence-electron chi connectivity index (χ0n) is 13.3. The molecule has 0 aliphatic heterocycles. The number of benzene rings is 1. The summed E-state index contributed by atoms with van der Waals surface area (Å²) in [7, 11) is 0. The number of carbonyl (C=O) groups is 3. The Bertz CT molecular complexity index is 627. The van der Waals surface area contributed by atoms with E-state index in [0.717, 1.165) is 37.5 Å². The van der Waals surface area contributed by atoms with Crippen LogP contribution in [0.2, 0.25) is 0 Å². The standard InChI is InChI=1S/C17H21FN2O4/c18-13-7-6-12(17(23)24)9-14(13)20-16(22)10-19-15(21)8-5-11-3-1-2-4-11/h6-7,9,11H,1-5,8,10H2,(H,19,21)(H,20,22)(H,23,24). The van der Waals surface area contributed by atoms with Gasteiger partial charge < -0.3 is 15.7 Å². The molecule has 1 aliphatic rings. The van der Waals surface area contributed by atoms with Crippen molar-refractivity contribution in [1.29, 1.82) is 0 Å². The van der Waals surface area contributed by atoms with Gasteiger partial charge in [-0.05, 0) is 30.5 Å². The number of carbonyl (C=O) groups excluding carboxylic acids is 2. The summed E-state index contributed by atoms with van der Waals surface area (Å²) in [6, 6.07) is 3.12. The van der Waals surface area contributed by atoms with Crippen LogP contribution in [0.25, 0.3) is 0 Å². The van der Waals surface area contributed by atoms with Crippen molar-refractivity contribution in [3.05, 3.63) is 29.6 Å². The number of aromatic carboxylic acids is 1. The highest BCUT2D eigenvalue weighted by molar-refractivity contribution is 5.96. The third-order valence-corrected chi connectivity index (χ3v) is 4.19. The number of hydrogen-bond donors (Lipinski definition) is 3. The van der Waals surface area contributed by atoms with Crippen molar-refractivity contribution in [1.82, 2.24) is 5.32 Å². The summed E-state index contributed by atoms with van der Waals surface area (Å²) in [5, 5.41) is 13.6. The third-order valence-electron chi connectivity index (χ3n) is 4.19. The number of hydrogen-bond acceptors (Lipinski definition) is 3. The molecule has 130 valence electrons. The number of rotatable bonds is 7. The second-order valence-corrected chi connectivity index (χ2v) is 6.01. The monoisotopic (exact) mass is 336 g/mol. The van der Waals surface area contributed by atoms with Gasteiger partial charge >= 0.3 is 5.97 Å². The summed E-state index contributed by atoms with van der Waals surface area (Å²) < 4.78 is 13.6. The minimum atomic E-state index is -1.22. The van der Waals surface area contributed by atoms with E-state index in [1.54, 1.807) is 0 Å². The van der Waals surface area contributed by atoms with E-state index in [2.05, 4.69) is 10.6 Å². The molecule has 0 saturated heterocycles. The number of anilines is 1. The zero-order valence-corrected chi connectivity index (χ0v) is 13.3. The predicted octanol–water partition coefficient (Wildman–Crippen LogP) is 2.55. The number of nitrogens with one attached hydrogen (secondary N) is 2. The third kappa shape index (κ3) is 5.33. The van der Waals surface area contributed by atoms with Gasteiger partial charge in [-0.1, -0.05) is 25.7 Å². The maximum atomic E-state index is 13.6. The number of amides is 2. The molecule has 1 aromatic rings. The summed E-state index contributed by atoms with van der Waals surface area (Å²) >= 11 is 0. The highest BCUT2D eigenvalue weighted by Crippen LogP contribution is 2.28. The number of carboxylic acid groups (broad SMARTS) is 1. The first kappa shape index (κ1) is 17.9. The van der Waals surface area contributed by atoms with Crippen LogP contribution in [0.3, 0.4) is 0 Å². The Balaban J connectivity index is 1.77. The van der Waals surface area contributed by atoms with Crippen molar-refractivity contribution in [3.63, 3.8) is 0 Å². The van der Waals surface area contributed by atoms with Crippen molar-refractivity contribution >= 4 is 23.5 Å². The van der Waals surface area contributed by atoms with Crippen LogP contribution in [0.4, 0.5) is 10.1 Å². The molecule has 24 heavy (non-hydrogen) atoms. The fourth-order valence-corrected chi connectivity index (χ4v) is 2.85. The smallest absolute Gasteiger partial charge is 0.335 e. The van der Waals surface area contributed by atoms with Gasteiger partial charge in [-0.15, -0.1) is 0 Å². The van der Waals surface area contributed by atoms with Crippen LogP contribution in [0, 0.1) is 11.7 Å². The lowest BCUT2D eigenvalue weighted by Crippen LogP contribution is -2.33. The van der Waals surface area contributed by atoms with Gasteiger partial charge in [0.1, 0.15) is 5.82 Å². The van der Waals surface area contributed by atoms with Gasteiger partial charge in [0, 0.05) is 6.42 Å². The second-order valence-electron chi connectivity index (χ2n) is 6.01.